The first kappa shape index (κ1) is 14.6. The van der Waals surface area contributed by atoms with Gasteiger partial charge in [-0.2, -0.15) is 0 Å². The maximum atomic E-state index is 11.9. The van der Waals surface area contributed by atoms with Crippen molar-refractivity contribution in [2.45, 2.75) is 66.2 Å². The van der Waals surface area contributed by atoms with Crippen molar-refractivity contribution in [2.24, 2.45) is 5.92 Å². The lowest BCUT2D eigenvalue weighted by Gasteiger charge is -2.18. The summed E-state index contributed by atoms with van der Waals surface area (Å²) in [6, 6.07) is 0. The summed E-state index contributed by atoms with van der Waals surface area (Å²) in [7, 11) is 0.906. The minimum absolute atomic E-state index is 0.132. The lowest BCUT2D eigenvalue weighted by Crippen LogP contribution is -2.12. The summed E-state index contributed by atoms with van der Waals surface area (Å²) >= 11 is 0. The van der Waals surface area contributed by atoms with Gasteiger partial charge in [0.2, 0.25) is 0 Å². The second kappa shape index (κ2) is 4.35. The molecule has 0 spiro atoms. The summed E-state index contributed by atoms with van der Waals surface area (Å²) in [6.45, 7) is 17.4. The number of hydrogen-bond donors (Lipinski definition) is 0. The second-order valence-corrected chi connectivity index (χ2v) is 8.31. The molecule has 1 aromatic rings. The lowest BCUT2D eigenvalue weighted by molar-refractivity contribution is -0.113. The summed E-state index contributed by atoms with van der Waals surface area (Å²) in [5.41, 5.74) is 3.53. The van der Waals surface area contributed by atoms with Crippen LogP contribution < -0.4 is 0 Å². The molecule has 0 atom stereocenters. The van der Waals surface area contributed by atoms with Gasteiger partial charge in [-0.1, -0.05) is 55.4 Å². The van der Waals surface area contributed by atoms with E-state index < -0.39 is 0 Å². The molecule has 0 aliphatic rings. The lowest BCUT2D eigenvalue weighted by atomic mass is 9.86. The normalized spacial score (nSPS) is 13.9. The van der Waals surface area contributed by atoms with Crippen molar-refractivity contribution >= 4 is 13.7 Å². The highest BCUT2D eigenvalue weighted by atomic mass is 31.1. The Morgan fingerprint density at radius 2 is 1.29 bits per heavy atom. The van der Waals surface area contributed by atoms with Gasteiger partial charge in [-0.3, -0.25) is 4.79 Å². The van der Waals surface area contributed by atoms with E-state index in [0.29, 0.717) is 5.52 Å². The third-order valence-corrected chi connectivity index (χ3v) is 4.28. The van der Waals surface area contributed by atoms with Gasteiger partial charge in [-0.15, -0.1) is 0 Å². The molecular weight excluding hydrogens is 227 g/mol. The molecule has 0 aliphatic carbocycles. The van der Waals surface area contributed by atoms with Crippen LogP contribution in [0.1, 0.15) is 66.5 Å². The van der Waals surface area contributed by atoms with Crippen LogP contribution in [0.25, 0.3) is 0 Å². The predicted octanol–water partition coefficient (Wildman–Crippen LogP) is 4.82. The molecule has 1 nitrogen and oxygen atoms in total. The van der Waals surface area contributed by atoms with E-state index in [2.05, 4.69) is 41.5 Å². The zero-order chi connectivity index (χ0) is 13.6. The largest absolute Gasteiger partial charge is 0.289 e. The Morgan fingerprint density at radius 1 is 0.941 bits per heavy atom. The van der Waals surface area contributed by atoms with Crippen molar-refractivity contribution in [1.29, 1.82) is 0 Å². The predicted molar refractivity (Wildman–Crippen MR) is 76.2 cm³/mol. The van der Waals surface area contributed by atoms with Gasteiger partial charge in [0.05, 0.1) is 0 Å². The standard InChI is InChI=1S/C15H25OP/c1-9(2)13(16)17-12-10(14(3,4)5)11(12)15(6,7)8/h9H,1-8H3. The van der Waals surface area contributed by atoms with Crippen LogP contribution in [0.3, 0.4) is 0 Å². The quantitative estimate of drug-likeness (QED) is 0.690. The SMILES string of the molecule is CC(C)C(=O)P=c1c(C(C)(C)C)c1C(C)(C)C. The molecule has 0 saturated heterocycles. The van der Waals surface area contributed by atoms with Gasteiger partial charge in [-0.25, -0.2) is 0 Å². The highest BCUT2D eigenvalue weighted by Crippen LogP contribution is 2.46. The van der Waals surface area contributed by atoms with Crippen LogP contribution in [0, 0.1) is 10.9 Å². The summed E-state index contributed by atoms with van der Waals surface area (Å²) in [6.07, 6.45) is 0. The molecular formula is C15H25OP. The zero-order valence-corrected chi connectivity index (χ0v) is 13.3. The Morgan fingerprint density at radius 3 is 1.53 bits per heavy atom. The van der Waals surface area contributed by atoms with Crippen LogP contribution in [0.4, 0.5) is 0 Å². The van der Waals surface area contributed by atoms with E-state index in [1.807, 2.05) is 13.8 Å². The zero-order valence-electron chi connectivity index (χ0n) is 12.4. The Labute approximate surface area is 107 Å². The van der Waals surface area contributed by atoms with Crippen LogP contribution in [0.2, 0.25) is 0 Å². The minimum Gasteiger partial charge on any atom is -0.289 e. The number of carbonyl (C=O) groups excluding carboxylic acids is 1. The molecule has 0 radical (unpaired) electrons. The summed E-state index contributed by atoms with van der Waals surface area (Å²) in [5, 5.41) is 0. The molecule has 1 aromatic carbocycles. The molecule has 0 aliphatic heterocycles. The third kappa shape index (κ3) is 3.28. The van der Waals surface area contributed by atoms with Crippen molar-refractivity contribution < 1.29 is 4.79 Å². The Bertz CT molecular complexity index is 414. The smallest absolute Gasteiger partial charge is 0.184 e. The topological polar surface area (TPSA) is 17.1 Å². The van der Waals surface area contributed by atoms with Gasteiger partial charge in [0.15, 0.2) is 5.52 Å². The third-order valence-electron chi connectivity index (χ3n) is 2.88. The minimum atomic E-state index is 0.132. The van der Waals surface area contributed by atoms with Gasteiger partial charge in [0.1, 0.15) is 0 Å². The van der Waals surface area contributed by atoms with Crippen LogP contribution in [0.15, 0.2) is 0 Å². The van der Waals surface area contributed by atoms with Crippen LogP contribution >= 0.6 is 8.20 Å². The first-order valence-corrected chi connectivity index (χ1v) is 7.24. The molecule has 17 heavy (non-hydrogen) atoms. The maximum absolute atomic E-state index is 11.9. The van der Waals surface area contributed by atoms with E-state index in [-0.39, 0.29) is 16.7 Å². The molecule has 0 bridgehead atoms. The highest BCUT2D eigenvalue weighted by molar-refractivity contribution is 7.50. The monoisotopic (exact) mass is 252 g/mol. The fraction of sp³-hybridized carbons (Fsp3) is 0.733. The first-order chi connectivity index (χ1) is 7.46. The number of rotatable bonds is 2. The Hall–Kier alpha value is -0.420. The average molecular weight is 252 g/mol. The molecule has 96 valence electrons. The number of carbonyl (C=O) groups is 1. The van der Waals surface area contributed by atoms with E-state index in [1.165, 1.54) is 16.1 Å². The van der Waals surface area contributed by atoms with E-state index in [9.17, 15) is 4.79 Å². The number of hydrogen-bond acceptors (Lipinski definition) is 1. The fourth-order valence-electron chi connectivity index (χ4n) is 1.99. The summed E-state index contributed by atoms with van der Waals surface area (Å²) < 4.78 is 0. The molecule has 0 aromatic heterocycles. The van der Waals surface area contributed by atoms with Crippen LogP contribution in [-0.2, 0) is 15.6 Å². The molecule has 0 amide bonds. The van der Waals surface area contributed by atoms with Gasteiger partial charge in [-0.05, 0) is 30.2 Å². The van der Waals surface area contributed by atoms with Gasteiger partial charge >= 0.3 is 0 Å². The summed E-state index contributed by atoms with van der Waals surface area (Å²) in [4.78, 5) is 13.2. The molecule has 0 N–H and O–H groups in total. The summed E-state index contributed by atoms with van der Waals surface area (Å²) in [5.74, 6) is 0.132. The van der Waals surface area contributed by atoms with Crippen molar-refractivity contribution in [3.8, 4) is 0 Å². The molecule has 0 saturated carbocycles. The molecule has 0 unspecified atom stereocenters. The van der Waals surface area contributed by atoms with Gasteiger partial charge < -0.3 is 0 Å². The average Bonchev–Trinajstić information content (AvgIpc) is 2.76. The van der Waals surface area contributed by atoms with Crippen LogP contribution in [0.5, 0.6) is 0 Å². The van der Waals surface area contributed by atoms with Crippen molar-refractivity contribution in [3.63, 3.8) is 0 Å². The van der Waals surface area contributed by atoms with Crippen molar-refractivity contribution in [2.75, 3.05) is 0 Å². The molecule has 0 fully saturated rings. The van der Waals surface area contributed by atoms with Crippen LogP contribution in [-0.4, -0.2) is 5.52 Å². The van der Waals surface area contributed by atoms with E-state index >= 15 is 0 Å². The second-order valence-electron chi connectivity index (χ2n) is 7.20. The van der Waals surface area contributed by atoms with Crippen molar-refractivity contribution in [1.82, 2.24) is 0 Å². The fourth-order valence-corrected chi connectivity index (χ4v) is 3.53. The van der Waals surface area contributed by atoms with Crippen molar-refractivity contribution in [3.05, 3.63) is 16.1 Å². The van der Waals surface area contributed by atoms with E-state index in [4.69, 9.17) is 0 Å². The Kier molecular flexibility index (Phi) is 3.75. The van der Waals surface area contributed by atoms with E-state index in [1.54, 1.807) is 0 Å². The molecule has 0 heterocycles. The van der Waals surface area contributed by atoms with Gasteiger partial charge in [0.25, 0.3) is 0 Å². The van der Waals surface area contributed by atoms with E-state index in [0.717, 1.165) is 8.20 Å². The molecule has 1 rings (SSSR count). The molecule has 2 heteroatoms. The Balaban J connectivity index is 3.23. The highest BCUT2D eigenvalue weighted by Gasteiger charge is 2.36. The maximum Gasteiger partial charge on any atom is 0.184 e. The first-order valence-electron chi connectivity index (χ1n) is 6.34. The van der Waals surface area contributed by atoms with Gasteiger partial charge in [0, 0.05) is 10.9 Å².